The second-order valence-electron chi connectivity index (χ2n) is 4.73. The first kappa shape index (κ1) is 13.5. The summed E-state index contributed by atoms with van der Waals surface area (Å²) in [5.74, 6) is 1.48. The second-order valence-corrected chi connectivity index (χ2v) is 4.73. The van der Waals surface area contributed by atoms with E-state index in [0.29, 0.717) is 5.75 Å². The predicted molar refractivity (Wildman–Crippen MR) is 83.6 cm³/mol. The number of hydrogen-bond donors (Lipinski definition) is 3. The summed E-state index contributed by atoms with van der Waals surface area (Å²) in [5.41, 5.74) is 3.67. The van der Waals surface area contributed by atoms with Gasteiger partial charge in [0.1, 0.15) is 17.2 Å². The van der Waals surface area contributed by atoms with Crippen LogP contribution in [0, 0.1) is 0 Å². The summed E-state index contributed by atoms with van der Waals surface area (Å²) in [4.78, 5) is 7.61. The number of pyridine rings is 1. The normalized spacial score (nSPS) is 10.8. The van der Waals surface area contributed by atoms with Crippen LogP contribution < -0.4 is 10.1 Å². The van der Waals surface area contributed by atoms with Crippen LogP contribution in [0.15, 0.2) is 36.5 Å². The molecule has 0 radical (unpaired) electrons. The molecule has 0 saturated carbocycles. The molecular formula is C16H17N3O2. The Morgan fingerprint density at radius 1 is 1.29 bits per heavy atom. The highest BCUT2D eigenvalue weighted by Gasteiger charge is 2.11. The van der Waals surface area contributed by atoms with Gasteiger partial charge < -0.3 is 20.1 Å². The van der Waals surface area contributed by atoms with Crippen molar-refractivity contribution in [2.24, 2.45) is 0 Å². The Hall–Kier alpha value is -2.53. The highest BCUT2D eigenvalue weighted by atomic mass is 16.5. The second kappa shape index (κ2) is 5.46. The molecule has 108 valence electrons. The van der Waals surface area contributed by atoms with Crippen molar-refractivity contribution in [2.75, 3.05) is 19.5 Å². The molecule has 0 aliphatic rings. The zero-order valence-corrected chi connectivity index (χ0v) is 12.0. The van der Waals surface area contributed by atoms with E-state index in [-0.39, 0.29) is 6.61 Å². The smallest absolute Gasteiger partial charge is 0.140 e. The molecule has 2 aromatic heterocycles. The number of H-pyrrole nitrogens is 1. The van der Waals surface area contributed by atoms with Crippen molar-refractivity contribution < 1.29 is 9.84 Å². The van der Waals surface area contributed by atoms with Gasteiger partial charge in [0.15, 0.2) is 0 Å². The maximum absolute atomic E-state index is 9.48. The van der Waals surface area contributed by atoms with E-state index in [9.17, 15) is 5.11 Å². The average Bonchev–Trinajstić information content (AvgIpc) is 3.01. The standard InChI is InChI=1S/C16H17N3O2/c1-17-15-8-13(12-5-6-18-16(12)19-15)10-3-4-14(21-2)11(7-10)9-20/h3-8,20H,9H2,1-2H3,(H2,17,18,19). The molecule has 3 N–H and O–H groups in total. The zero-order chi connectivity index (χ0) is 14.8. The van der Waals surface area contributed by atoms with Crippen LogP contribution in [0.5, 0.6) is 5.75 Å². The number of aromatic amines is 1. The molecule has 0 amide bonds. The summed E-state index contributed by atoms with van der Waals surface area (Å²) in [6, 6.07) is 9.80. The van der Waals surface area contributed by atoms with Crippen molar-refractivity contribution in [3.63, 3.8) is 0 Å². The van der Waals surface area contributed by atoms with Crippen LogP contribution in [-0.2, 0) is 6.61 Å². The van der Waals surface area contributed by atoms with Crippen molar-refractivity contribution in [2.45, 2.75) is 6.61 Å². The van der Waals surface area contributed by atoms with Crippen LogP contribution >= 0.6 is 0 Å². The fraction of sp³-hybridized carbons (Fsp3) is 0.188. The molecule has 5 nitrogen and oxygen atoms in total. The summed E-state index contributed by atoms with van der Waals surface area (Å²) in [5, 5.41) is 13.6. The lowest BCUT2D eigenvalue weighted by Crippen LogP contribution is -1.95. The number of aliphatic hydroxyl groups is 1. The van der Waals surface area contributed by atoms with E-state index < -0.39 is 0 Å². The number of aliphatic hydroxyl groups excluding tert-OH is 1. The number of aromatic nitrogens is 2. The first-order valence-electron chi connectivity index (χ1n) is 6.71. The number of hydrogen-bond acceptors (Lipinski definition) is 4. The minimum Gasteiger partial charge on any atom is -0.496 e. The van der Waals surface area contributed by atoms with Crippen molar-refractivity contribution in [3.8, 4) is 16.9 Å². The Morgan fingerprint density at radius 2 is 2.14 bits per heavy atom. The minimum atomic E-state index is -0.0583. The van der Waals surface area contributed by atoms with Gasteiger partial charge in [-0.3, -0.25) is 0 Å². The van der Waals surface area contributed by atoms with Crippen molar-refractivity contribution in [1.29, 1.82) is 0 Å². The van der Waals surface area contributed by atoms with E-state index in [1.807, 2.05) is 43.6 Å². The molecule has 0 aliphatic carbocycles. The lowest BCUT2D eigenvalue weighted by Gasteiger charge is -2.11. The molecule has 0 bridgehead atoms. The Kier molecular flexibility index (Phi) is 3.50. The summed E-state index contributed by atoms with van der Waals surface area (Å²) >= 11 is 0. The van der Waals surface area contributed by atoms with Crippen LogP contribution in [0.1, 0.15) is 5.56 Å². The van der Waals surface area contributed by atoms with Crippen LogP contribution in [0.2, 0.25) is 0 Å². The average molecular weight is 283 g/mol. The predicted octanol–water partition coefficient (Wildman–Crippen LogP) is 2.77. The van der Waals surface area contributed by atoms with Crippen LogP contribution in [0.4, 0.5) is 5.82 Å². The monoisotopic (exact) mass is 283 g/mol. The minimum absolute atomic E-state index is 0.0583. The first-order valence-corrected chi connectivity index (χ1v) is 6.71. The highest BCUT2D eigenvalue weighted by molar-refractivity contribution is 5.94. The third-order valence-electron chi connectivity index (χ3n) is 3.55. The Bertz CT molecular complexity index is 780. The van der Waals surface area contributed by atoms with Gasteiger partial charge in [-0.25, -0.2) is 4.98 Å². The van der Waals surface area contributed by atoms with Gasteiger partial charge in [0.25, 0.3) is 0 Å². The van der Waals surface area contributed by atoms with E-state index in [1.54, 1.807) is 7.11 Å². The van der Waals surface area contributed by atoms with Gasteiger partial charge in [0, 0.05) is 24.2 Å². The molecule has 1 aromatic carbocycles. The maximum Gasteiger partial charge on any atom is 0.140 e. The first-order chi connectivity index (χ1) is 10.3. The molecule has 0 fully saturated rings. The molecule has 0 spiro atoms. The Labute approximate surface area is 122 Å². The molecule has 0 saturated heterocycles. The maximum atomic E-state index is 9.48. The molecule has 5 heteroatoms. The zero-order valence-electron chi connectivity index (χ0n) is 12.0. The number of rotatable bonds is 4. The number of methoxy groups -OCH3 is 1. The summed E-state index contributed by atoms with van der Waals surface area (Å²) < 4.78 is 5.25. The Balaban J connectivity index is 2.21. The largest absolute Gasteiger partial charge is 0.496 e. The van der Waals surface area contributed by atoms with Crippen molar-refractivity contribution in [1.82, 2.24) is 9.97 Å². The molecule has 0 aliphatic heterocycles. The van der Waals surface area contributed by atoms with Crippen molar-refractivity contribution >= 4 is 16.9 Å². The van der Waals surface area contributed by atoms with E-state index >= 15 is 0 Å². The number of nitrogens with one attached hydrogen (secondary N) is 2. The number of fused-ring (bicyclic) bond motifs is 1. The summed E-state index contributed by atoms with van der Waals surface area (Å²) in [6.07, 6.45) is 1.87. The highest BCUT2D eigenvalue weighted by Crippen LogP contribution is 2.32. The fourth-order valence-electron chi connectivity index (χ4n) is 2.47. The van der Waals surface area contributed by atoms with Crippen LogP contribution in [0.3, 0.4) is 0 Å². The van der Waals surface area contributed by atoms with E-state index in [4.69, 9.17) is 4.74 Å². The number of ether oxygens (including phenoxy) is 1. The van der Waals surface area contributed by atoms with Crippen molar-refractivity contribution in [3.05, 3.63) is 42.1 Å². The molecule has 21 heavy (non-hydrogen) atoms. The lowest BCUT2D eigenvalue weighted by molar-refractivity contribution is 0.274. The van der Waals surface area contributed by atoms with Gasteiger partial charge in [-0.15, -0.1) is 0 Å². The summed E-state index contributed by atoms with van der Waals surface area (Å²) in [6.45, 7) is -0.0583. The molecule has 3 aromatic rings. The molecule has 0 unspecified atom stereocenters. The molecule has 3 rings (SSSR count). The third-order valence-corrected chi connectivity index (χ3v) is 3.55. The van der Waals surface area contributed by atoms with Crippen LogP contribution in [0.25, 0.3) is 22.2 Å². The molecule has 2 heterocycles. The molecule has 0 atom stereocenters. The van der Waals surface area contributed by atoms with Gasteiger partial charge in [0.2, 0.25) is 0 Å². The SMILES string of the molecule is CNc1cc(-c2ccc(OC)c(CO)c2)c2cc[nH]c2n1. The van der Waals surface area contributed by atoms with Gasteiger partial charge in [-0.1, -0.05) is 6.07 Å². The van der Waals surface area contributed by atoms with E-state index in [2.05, 4.69) is 15.3 Å². The fourth-order valence-corrected chi connectivity index (χ4v) is 2.47. The van der Waals surface area contributed by atoms with E-state index in [0.717, 1.165) is 33.5 Å². The third kappa shape index (κ3) is 2.32. The van der Waals surface area contributed by atoms with Gasteiger partial charge in [0.05, 0.1) is 13.7 Å². The van der Waals surface area contributed by atoms with Gasteiger partial charge >= 0.3 is 0 Å². The Morgan fingerprint density at radius 3 is 2.86 bits per heavy atom. The summed E-state index contributed by atoms with van der Waals surface area (Å²) in [7, 11) is 3.44. The topological polar surface area (TPSA) is 70.2 Å². The number of anilines is 1. The number of benzene rings is 1. The van der Waals surface area contributed by atoms with Crippen LogP contribution in [-0.4, -0.2) is 29.2 Å². The van der Waals surface area contributed by atoms with Gasteiger partial charge in [-0.2, -0.15) is 0 Å². The lowest BCUT2D eigenvalue weighted by atomic mass is 10.0. The quantitative estimate of drug-likeness (QED) is 0.688. The van der Waals surface area contributed by atoms with E-state index in [1.165, 1.54) is 0 Å². The molecular weight excluding hydrogens is 266 g/mol. The van der Waals surface area contributed by atoms with Gasteiger partial charge in [-0.05, 0) is 35.4 Å². The number of nitrogens with zero attached hydrogens (tertiary/aromatic N) is 1.